The van der Waals surface area contributed by atoms with Crippen molar-refractivity contribution in [1.82, 2.24) is 9.36 Å². The highest BCUT2D eigenvalue weighted by Gasteiger charge is 2.15. The van der Waals surface area contributed by atoms with Gasteiger partial charge in [-0.25, -0.2) is 14.2 Å². The zero-order valence-corrected chi connectivity index (χ0v) is 11.5. The zero-order chi connectivity index (χ0) is 14.0. The molecule has 2 rings (SSSR count). The van der Waals surface area contributed by atoms with Crippen LogP contribution in [0.3, 0.4) is 0 Å². The van der Waals surface area contributed by atoms with Gasteiger partial charge in [-0.2, -0.15) is 4.37 Å². The van der Waals surface area contributed by atoms with Gasteiger partial charge in [0.1, 0.15) is 11.6 Å². The highest BCUT2D eigenvalue weighted by Crippen LogP contribution is 2.33. The van der Waals surface area contributed by atoms with Gasteiger partial charge in [0, 0.05) is 12.1 Å². The Kier molecular flexibility index (Phi) is 4.01. The van der Waals surface area contributed by atoms with E-state index in [2.05, 4.69) is 9.36 Å². The lowest BCUT2D eigenvalue weighted by Gasteiger charge is -2.05. The first-order valence-electron chi connectivity index (χ1n) is 5.34. The molecule has 0 spiro atoms. The summed E-state index contributed by atoms with van der Waals surface area (Å²) in [5, 5.41) is 8.95. The van der Waals surface area contributed by atoms with Gasteiger partial charge in [-0.1, -0.05) is 18.7 Å². The molecule has 5 nitrogen and oxygen atoms in total. The third-order valence-corrected chi connectivity index (χ3v) is 4.12. The minimum atomic E-state index is -1.19. The smallest absolute Gasteiger partial charge is 0.337 e. The number of aromatic nitrogens is 2. The molecule has 0 unspecified atom stereocenters. The number of carboxylic acid groups (broad SMARTS) is 1. The fraction of sp³-hybridized carbons (Fsp3) is 0.182. The molecule has 19 heavy (non-hydrogen) atoms. The first kappa shape index (κ1) is 13.8. The number of rotatable bonds is 4. The van der Waals surface area contributed by atoms with Gasteiger partial charge in [-0.3, -0.25) is 0 Å². The first-order chi connectivity index (χ1) is 9.01. The number of anilines is 1. The van der Waals surface area contributed by atoms with Crippen LogP contribution in [0, 0.1) is 5.82 Å². The summed E-state index contributed by atoms with van der Waals surface area (Å²) >= 11 is 2.19. The number of nitrogens with zero attached hydrogens (tertiary/aromatic N) is 2. The molecule has 0 aliphatic heterocycles. The molecule has 0 saturated carbocycles. The van der Waals surface area contributed by atoms with Crippen LogP contribution in [0.25, 0.3) is 0 Å². The Labute approximate surface area is 116 Å². The Balaban J connectivity index is 2.34. The van der Waals surface area contributed by atoms with Crippen LogP contribution in [0.1, 0.15) is 23.1 Å². The highest BCUT2D eigenvalue weighted by molar-refractivity contribution is 8.01. The van der Waals surface area contributed by atoms with Crippen molar-refractivity contribution in [3.63, 3.8) is 0 Å². The maximum atomic E-state index is 13.7. The van der Waals surface area contributed by atoms with E-state index in [-0.39, 0.29) is 16.1 Å². The third-order valence-electron chi connectivity index (χ3n) is 2.30. The maximum absolute atomic E-state index is 13.7. The third kappa shape index (κ3) is 3.02. The van der Waals surface area contributed by atoms with Crippen LogP contribution in [0.2, 0.25) is 0 Å². The van der Waals surface area contributed by atoms with Gasteiger partial charge in [0.2, 0.25) is 0 Å². The summed E-state index contributed by atoms with van der Waals surface area (Å²) in [5.41, 5.74) is 5.24. The van der Waals surface area contributed by atoms with Gasteiger partial charge in [0.05, 0.1) is 10.5 Å². The lowest BCUT2D eigenvalue weighted by atomic mass is 10.2. The number of hydrogen-bond acceptors (Lipinski definition) is 6. The van der Waals surface area contributed by atoms with E-state index >= 15 is 0 Å². The van der Waals surface area contributed by atoms with Crippen molar-refractivity contribution < 1.29 is 14.3 Å². The Bertz CT molecular complexity index is 630. The molecule has 0 saturated heterocycles. The molecular weight excluding hydrogens is 289 g/mol. The molecule has 0 amide bonds. The number of carbonyl (C=O) groups is 1. The lowest BCUT2D eigenvalue weighted by Crippen LogP contribution is -2.03. The Morgan fingerprint density at radius 1 is 1.58 bits per heavy atom. The van der Waals surface area contributed by atoms with Gasteiger partial charge in [0.25, 0.3) is 0 Å². The molecule has 8 heteroatoms. The summed E-state index contributed by atoms with van der Waals surface area (Å²) in [4.78, 5) is 15.3. The average molecular weight is 299 g/mol. The predicted octanol–water partition coefficient (Wildman–Crippen LogP) is 2.67. The van der Waals surface area contributed by atoms with Crippen molar-refractivity contribution in [2.24, 2.45) is 0 Å². The summed E-state index contributed by atoms with van der Waals surface area (Å²) in [6.07, 6.45) is 0.696. The van der Waals surface area contributed by atoms with E-state index in [4.69, 9.17) is 10.8 Å². The minimum absolute atomic E-state index is 0.0964. The SMILES string of the molecule is CCc1nsc(Sc2cc(C(=O)O)c(N)cc2F)n1. The Morgan fingerprint density at radius 2 is 2.32 bits per heavy atom. The molecule has 100 valence electrons. The Hall–Kier alpha value is -1.67. The number of nitrogens with two attached hydrogens (primary N) is 1. The minimum Gasteiger partial charge on any atom is -0.478 e. The van der Waals surface area contributed by atoms with E-state index in [1.807, 2.05) is 6.92 Å². The number of benzene rings is 1. The molecule has 1 heterocycles. The number of halogens is 1. The zero-order valence-electron chi connectivity index (χ0n) is 9.88. The fourth-order valence-corrected chi connectivity index (χ4v) is 3.05. The molecule has 0 aliphatic rings. The van der Waals surface area contributed by atoms with Gasteiger partial charge in [-0.15, -0.1) is 0 Å². The van der Waals surface area contributed by atoms with E-state index in [0.717, 1.165) is 29.4 Å². The topological polar surface area (TPSA) is 89.1 Å². The molecule has 1 aromatic heterocycles. The second kappa shape index (κ2) is 5.54. The molecule has 0 atom stereocenters. The van der Waals surface area contributed by atoms with Crippen molar-refractivity contribution in [1.29, 1.82) is 0 Å². The fourth-order valence-electron chi connectivity index (χ4n) is 1.35. The number of nitrogen functional groups attached to an aromatic ring is 1. The number of hydrogen-bond donors (Lipinski definition) is 2. The van der Waals surface area contributed by atoms with E-state index in [1.165, 1.54) is 6.07 Å². The van der Waals surface area contributed by atoms with Crippen LogP contribution in [0.15, 0.2) is 21.4 Å². The van der Waals surface area contributed by atoms with Crippen LogP contribution < -0.4 is 5.73 Å². The van der Waals surface area contributed by atoms with Gasteiger partial charge >= 0.3 is 5.97 Å². The van der Waals surface area contributed by atoms with Crippen LogP contribution >= 0.6 is 23.3 Å². The van der Waals surface area contributed by atoms with E-state index < -0.39 is 11.8 Å². The second-order valence-electron chi connectivity index (χ2n) is 3.61. The van der Waals surface area contributed by atoms with Crippen LogP contribution in [-0.4, -0.2) is 20.4 Å². The predicted molar refractivity (Wildman–Crippen MR) is 71.2 cm³/mol. The van der Waals surface area contributed by atoms with E-state index in [1.54, 1.807) is 0 Å². The summed E-state index contributed by atoms with van der Waals surface area (Å²) in [5.74, 6) is -1.08. The molecule has 0 radical (unpaired) electrons. The molecule has 2 aromatic rings. The summed E-state index contributed by atoms with van der Waals surface area (Å²) in [6.45, 7) is 1.92. The summed E-state index contributed by atoms with van der Waals surface area (Å²) in [6, 6.07) is 2.22. The van der Waals surface area contributed by atoms with Crippen molar-refractivity contribution in [2.45, 2.75) is 22.6 Å². The molecule has 0 fully saturated rings. The van der Waals surface area contributed by atoms with Crippen molar-refractivity contribution in [2.75, 3.05) is 5.73 Å². The average Bonchev–Trinajstić information content (AvgIpc) is 2.80. The normalized spacial score (nSPS) is 10.6. The maximum Gasteiger partial charge on any atom is 0.337 e. The van der Waals surface area contributed by atoms with Crippen LogP contribution in [-0.2, 0) is 6.42 Å². The largest absolute Gasteiger partial charge is 0.478 e. The van der Waals surface area contributed by atoms with Crippen LogP contribution in [0.4, 0.5) is 10.1 Å². The molecule has 1 aromatic carbocycles. The Morgan fingerprint density at radius 3 is 2.89 bits per heavy atom. The number of carboxylic acids is 1. The monoisotopic (exact) mass is 299 g/mol. The van der Waals surface area contributed by atoms with Crippen molar-refractivity contribution in [3.8, 4) is 0 Å². The van der Waals surface area contributed by atoms with Gasteiger partial charge < -0.3 is 10.8 Å². The lowest BCUT2D eigenvalue weighted by molar-refractivity contribution is 0.0697. The quantitative estimate of drug-likeness (QED) is 0.844. The van der Waals surface area contributed by atoms with E-state index in [9.17, 15) is 9.18 Å². The standard InChI is InChI=1S/C11H10FN3O2S2/c1-2-9-14-11(19-15-9)18-8-3-5(10(16)17)7(13)4-6(8)12/h3-4H,2,13H2,1H3,(H,16,17). The first-order valence-corrected chi connectivity index (χ1v) is 6.93. The van der Waals surface area contributed by atoms with Crippen molar-refractivity contribution >= 4 is 35.0 Å². The summed E-state index contributed by atoms with van der Waals surface area (Å²) < 4.78 is 18.4. The second-order valence-corrected chi connectivity index (χ2v) is 5.65. The number of aryl methyl sites for hydroxylation is 1. The van der Waals surface area contributed by atoms with Crippen LogP contribution in [0.5, 0.6) is 0 Å². The molecule has 0 aliphatic carbocycles. The van der Waals surface area contributed by atoms with E-state index in [0.29, 0.717) is 16.6 Å². The summed E-state index contributed by atoms with van der Waals surface area (Å²) in [7, 11) is 0. The number of aromatic carboxylic acids is 1. The molecule has 0 bridgehead atoms. The molecular formula is C11H10FN3O2S2. The molecule has 3 N–H and O–H groups in total. The van der Waals surface area contributed by atoms with Gasteiger partial charge in [-0.05, 0) is 23.7 Å². The highest BCUT2D eigenvalue weighted by atomic mass is 32.2. The van der Waals surface area contributed by atoms with Crippen molar-refractivity contribution in [3.05, 3.63) is 29.3 Å². The van der Waals surface area contributed by atoms with Gasteiger partial charge in [0.15, 0.2) is 4.34 Å².